The molecule has 2 amide bonds. The molecule has 1 aliphatic carbocycles. The molecule has 2 atom stereocenters. The van der Waals surface area contributed by atoms with Crippen LogP contribution in [-0.2, 0) is 9.59 Å². The molecule has 0 aromatic heterocycles. The summed E-state index contributed by atoms with van der Waals surface area (Å²) in [6, 6.07) is 5.20. The zero-order valence-electron chi connectivity index (χ0n) is 11.6. The summed E-state index contributed by atoms with van der Waals surface area (Å²) < 4.78 is 0. The van der Waals surface area contributed by atoms with Crippen molar-refractivity contribution in [1.82, 2.24) is 5.32 Å². The van der Waals surface area contributed by atoms with E-state index >= 15 is 0 Å². The topological polar surface area (TPSA) is 80.3 Å². The van der Waals surface area contributed by atoms with E-state index in [1.807, 2.05) is 6.92 Å². The summed E-state index contributed by atoms with van der Waals surface area (Å²) in [5.74, 6) is -2.32. The fraction of sp³-hybridized carbons (Fsp3) is 0.375. The molecule has 0 spiro atoms. The van der Waals surface area contributed by atoms with Gasteiger partial charge in [0.25, 0.3) is 0 Å². The van der Waals surface area contributed by atoms with Crippen LogP contribution in [0.4, 0.5) is 0 Å². The second-order valence-electron chi connectivity index (χ2n) is 5.71. The molecule has 0 saturated carbocycles. The molecule has 2 aliphatic rings. The van der Waals surface area contributed by atoms with E-state index in [0.717, 1.165) is 5.56 Å². The van der Waals surface area contributed by atoms with Gasteiger partial charge in [-0.15, -0.1) is 0 Å². The van der Waals surface area contributed by atoms with Gasteiger partial charge in [-0.1, -0.05) is 17.7 Å². The molecule has 5 nitrogen and oxygen atoms in total. The number of piperidine rings is 1. The maximum Gasteiger partial charge on any atom is 0.229 e. The van der Waals surface area contributed by atoms with Crippen LogP contribution >= 0.6 is 0 Å². The first-order valence-corrected chi connectivity index (χ1v) is 7.00. The van der Waals surface area contributed by atoms with Crippen molar-refractivity contribution >= 4 is 23.4 Å². The van der Waals surface area contributed by atoms with Crippen LogP contribution < -0.4 is 5.32 Å². The van der Waals surface area contributed by atoms with Gasteiger partial charge in [0.05, 0.1) is 5.92 Å². The Bertz CT molecular complexity index is 677. The standard InChI is InChI=1S/C16H15NO4/c1-8-2-4-10-11(6-8)15(20)12(14(10)19)7-9-3-5-13(18)17-16(9)21/h2,4,6,9,12H,3,5,7H2,1H3,(H,17,18,21). The monoisotopic (exact) mass is 285 g/mol. The average molecular weight is 285 g/mol. The largest absolute Gasteiger partial charge is 0.296 e. The van der Waals surface area contributed by atoms with Crippen LogP contribution in [-0.4, -0.2) is 23.4 Å². The Hall–Kier alpha value is -2.30. The lowest BCUT2D eigenvalue weighted by Crippen LogP contribution is -2.42. The zero-order chi connectivity index (χ0) is 15.1. The van der Waals surface area contributed by atoms with Crippen LogP contribution in [0.5, 0.6) is 0 Å². The molecule has 1 aromatic carbocycles. The molecule has 1 aromatic rings. The van der Waals surface area contributed by atoms with Gasteiger partial charge >= 0.3 is 0 Å². The number of aryl methyl sites for hydroxylation is 1. The number of rotatable bonds is 2. The van der Waals surface area contributed by atoms with Gasteiger partial charge in [0, 0.05) is 23.5 Å². The van der Waals surface area contributed by atoms with Gasteiger partial charge in [-0.05, 0) is 25.8 Å². The van der Waals surface area contributed by atoms with Crippen molar-refractivity contribution in [2.45, 2.75) is 26.2 Å². The van der Waals surface area contributed by atoms with Crippen molar-refractivity contribution in [1.29, 1.82) is 0 Å². The summed E-state index contributed by atoms with van der Waals surface area (Å²) in [6.45, 7) is 1.87. The number of Topliss-reactive ketones (excluding diaryl/α,β-unsaturated/α-hetero) is 2. The van der Waals surface area contributed by atoms with Crippen molar-refractivity contribution in [2.24, 2.45) is 11.8 Å². The van der Waals surface area contributed by atoms with E-state index in [1.165, 1.54) is 0 Å². The summed E-state index contributed by atoms with van der Waals surface area (Å²) in [5.41, 5.74) is 1.83. The number of hydrogen-bond donors (Lipinski definition) is 1. The molecule has 1 N–H and O–H groups in total. The average Bonchev–Trinajstić information content (AvgIpc) is 2.66. The lowest BCUT2D eigenvalue weighted by molar-refractivity contribution is -0.136. The molecule has 1 aliphatic heterocycles. The van der Waals surface area contributed by atoms with Crippen LogP contribution in [0.15, 0.2) is 18.2 Å². The zero-order valence-corrected chi connectivity index (χ0v) is 11.6. The Morgan fingerprint density at radius 2 is 1.81 bits per heavy atom. The molecule has 1 saturated heterocycles. The van der Waals surface area contributed by atoms with Crippen molar-refractivity contribution in [3.8, 4) is 0 Å². The maximum atomic E-state index is 12.4. The van der Waals surface area contributed by atoms with E-state index in [1.54, 1.807) is 18.2 Å². The van der Waals surface area contributed by atoms with Crippen LogP contribution in [0.2, 0.25) is 0 Å². The fourth-order valence-corrected chi connectivity index (χ4v) is 3.03. The Morgan fingerprint density at radius 3 is 2.52 bits per heavy atom. The van der Waals surface area contributed by atoms with Crippen molar-refractivity contribution in [3.63, 3.8) is 0 Å². The molecule has 3 rings (SSSR count). The third-order valence-electron chi connectivity index (χ3n) is 4.21. The number of nitrogens with one attached hydrogen (secondary N) is 1. The summed E-state index contributed by atoms with van der Waals surface area (Å²) in [6.07, 6.45) is 0.846. The number of ketones is 2. The van der Waals surface area contributed by atoms with Gasteiger partial charge in [-0.25, -0.2) is 0 Å². The van der Waals surface area contributed by atoms with E-state index in [9.17, 15) is 19.2 Å². The third kappa shape index (κ3) is 2.28. The predicted molar refractivity (Wildman–Crippen MR) is 73.8 cm³/mol. The van der Waals surface area contributed by atoms with Gasteiger partial charge in [0.1, 0.15) is 0 Å². The second-order valence-corrected chi connectivity index (χ2v) is 5.71. The minimum Gasteiger partial charge on any atom is -0.296 e. The number of carbonyl (C=O) groups excluding carboxylic acids is 4. The number of fused-ring (bicyclic) bond motifs is 1. The first-order chi connectivity index (χ1) is 9.97. The highest BCUT2D eigenvalue weighted by Crippen LogP contribution is 2.33. The fourth-order valence-electron chi connectivity index (χ4n) is 3.03. The van der Waals surface area contributed by atoms with Gasteiger partial charge in [0.2, 0.25) is 11.8 Å². The molecule has 108 valence electrons. The van der Waals surface area contributed by atoms with Crippen molar-refractivity contribution < 1.29 is 19.2 Å². The van der Waals surface area contributed by atoms with E-state index in [0.29, 0.717) is 17.5 Å². The quantitative estimate of drug-likeness (QED) is 0.658. The molecular weight excluding hydrogens is 270 g/mol. The smallest absolute Gasteiger partial charge is 0.229 e. The predicted octanol–water partition coefficient (Wildman–Crippen LogP) is 1.43. The molecule has 1 fully saturated rings. The summed E-state index contributed by atoms with van der Waals surface area (Å²) in [7, 11) is 0. The van der Waals surface area contributed by atoms with Crippen LogP contribution in [0.3, 0.4) is 0 Å². The molecule has 21 heavy (non-hydrogen) atoms. The van der Waals surface area contributed by atoms with Crippen LogP contribution in [0, 0.1) is 18.8 Å². The van der Waals surface area contributed by atoms with Gasteiger partial charge in [0.15, 0.2) is 11.6 Å². The van der Waals surface area contributed by atoms with Crippen molar-refractivity contribution in [2.75, 3.05) is 0 Å². The highest BCUT2D eigenvalue weighted by Gasteiger charge is 2.41. The Labute approximate surface area is 121 Å². The van der Waals surface area contributed by atoms with Crippen molar-refractivity contribution in [3.05, 3.63) is 34.9 Å². The maximum absolute atomic E-state index is 12.4. The number of benzene rings is 1. The second kappa shape index (κ2) is 4.91. The van der Waals surface area contributed by atoms with E-state index in [-0.39, 0.29) is 36.2 Å². The number of hydrogen-bond acceptors (Lipinski definition) is 4. The lowest BCUT2D eigenvalue weighted by atomic mass is 9.86. The Kier molecular flexibility index (Phi) is 3.20. The van der Waals surface area contributed by atoms with E-state index in [2.05, 4.69) is 5.32 Å². The normalized spacial score (nSPS) is 25.0. The molecule has 1 heterocycles. The highest BCUT2D eigenvalue weighted by molar-refractivity contribution is 6.26. The molecule has 5 heteroatoms. The van der Waals surface area contributed by atoms with Gasteiger partial charge < -0.3 is 0 Å². The highest BCUT2D eigenvalue weighted by atomic mass is 16.2. The third-order valence-corrected chi connectivity index (χ3v) is 4.21. The SMILES string of the molecule is Cc1ccc2c(c1)C(=O)C(CC1CCC(=O)NC1=O)C2=O. The first kappa shape index (κ1) is 13.7. The molecule has 0 radical (unpaired) electrons. The number of carbonyl (C=O) groups is 4. The van der Waals surface area contributed by atoms with Gasteiger partial charge in [-0.3, -0.25) is 24.5 Å². The van der Waals surface area contributed by atoms with Gasteiger partial charge in [-0.2, -0.15) is 0 Å². The van der Waals surface area contributed by atoms with Crippen LogP contribution in [0.1, 0.15) is 45.5 Å². The number of imide groups is 1. The minimum absolute atomic E-state index is 0.185. The van der Waals surface area contributed by atoms with E-state index < -0.39 is 11.8 Å². The summed E-state index contributed by atoms with van der Waals surface area (Å²) >= 11 is 0. The lowest BCUT2D eigenvalue weighted by Gasteiger charge is -2.22. The summed E-state index contributed by atoms with van der Waals surface area (Å²) in [5, 5.41) is 2.26. The minimum atomic E-state index is -0.786. The molecule has 0 bridgehead atoms. The van der Waals surface area contributed by atoms with Crippen LogP contribution in [0.25, 0.3) is 0 Å². The molecule has 2 unspecified atom stereocenters. The number of amides is 2. The molecular formula is C16H15NO4. The summed E-state index contributed by atoms with van der Waals surface area (Å²) in [4.78, 5) is 47.6. The first-order valence-electron chi connectivity index (χ1n) is 7.00. The Balaban J connectivity index is 1.82. The Morgan fingerprint density at radius 1 is 1.10 bits per heavy atom. The van der Waals surface area contributed by atoms with E-state index in [4.69, 9.17) is 0 Å².